The van der Waals surface area contributed by atoms with Gasteiger partial charge in [-0.3, -0.25) is 9.69 Å². The van der Waals surface area contributed by atoms with Crippen LogP contribution >= 0.6 is 23.5 Å². The van der Waals surface area contributed by atoms with Gasteiger partial charge in [-0.15, -0.1) is 0 Å². The van der Waals surface area contributed by atoms with Crippen LogP contribution in [0.25, 0.3) is 11.3 Å². The Morgan fingerprint density at radius 3 is 2.61 bits per heavy atom. The zero-order chi connectivity index (χ0) is 26.1. The van der Waals surface area contributed by atoms with Gasteiger partial charge >= 0.3 is 0 Å². The second-order valence-electron chi connectivity index (χ2n) is 10.2. The molecule has 3 aliphatic rings. The zero-order valence-corrected chi connectivity index (χ0v) is 23.5. The van der Waals surface area contributed by atoms with Crippen molar-refractivity contribution in [3.8, 4) is 11.3 Å². The van der Waals surface area contributed by atoms with Crippen LogP contribution in [0.3, 0.4) is 0 Å². The number of aromatic amines is 1. The van der Waals surface area contributed by atoms with E-state index in [1.165, 1.54) is 19.6 Å². The van der Waals surface area contributed by atoms with Gasteiger partial charge in [0.15, 0.2) is 0 Å². The highest BCUT2D eigenvalue weighted by molar-refractivity contribution is 8.05. The summed E-state index contributed by atoms with van der Waals surface area (Å²) in [6, 6.07) is 16.8. The lowest BCUT2D eigenvalue weighted by Gasteiger charge is -2.35. The molecule has 0 aliphatic carbocycles. The van der Waals surface area contributed by atoms with Crippen LogP contribution in [0.15, 0.2) is 72.9 Å². The van der Waals surface area contributed by atoms with Gasteiger partial charge in [-0.1, -0.05) is 35.7 Å². The summed E-state index contributed by atoms with van der Waals surface area (Å²) in [6.07, 6.45) is 0.584. The Labute approximate surface area is 232 Å². The van der Waals surface area contributed by atoms with Crippen molar-refractivity contribution in [2.75, 3.05) is 62.7 Å². The second-order valence-corrected chi connectivity index (χ2v) is 12.3. The number of nitrogens with zero attached hydrogens (tertiary/aromatic N) is 2. The van der Waals surface area contributed by atoms with E-state index in [4.69, 9.17) is 9.47 Å². The van der Waals surface area contributed by atoms with Gasteiger partial charge in [-0.05, 0) is 44.2 Å². The predicted octanol–water partition coefficient (Wildman–Crippen LogP) is 5.02. The third-order valence-electron chi connectivity index (χ3n) is 7.10. The van der Waals surface area contributed by atoms with E-state index in [-0.39, 0.29) is 5.56 Å². The third-order valence-corrected chi connectivity index (χ3v) is 9.70. The molecule has 1 aromatic heterocycles. The van der Waals surface area contributed by atoms with E-state index in [0.717, 1.165) is 61.9 Å². The van der Waals surface area contributed by atoms with E-state index in [9.17, 15) is 4.79 Å². The molecule has 2 N–H and O–H groups in total. The van der Waals surface area contributed by atoms with Gasteiger partial charge in [0.25, 0.3) is 0 Å². The first-order valence-corrected chi connectivity index (χ1v) is 15.0. The molecule has 200 valence electrons. The molecule has 38 heavy (non-hydrogen) atoms. The summed E-state index contributed by atoms with van der Waals surface area (Å²) in [7, 11) is 0. The number of nitrogens with one attached hydrogen (secondary N) is 2. The van der Waals surface area contributed by atoms with Crippen LogP contribution in [0.4, 0.5) is 11.4 Å². The van der Waals surface area contributed by atoms with Crippen molar-refractivity contribution < 1.29 is 9.47 Å². The van der Waals surface area contributed by atoms with Crippen molar-refractivity contribution in [2.45, 2.75) is 45.6 Å². The summed E-state index contributed by atoms with van der Waals surface area (Å²) in [5, 5.41) is 3.62. The lowest BCUT2D eigenvalue weighted by Crippen LogP contribution is -2.46. The average molecular weight is 551 g/mol. The van der Waals surface area contributed by atoms with E-state index < -0.39 is 0 Å². The Morgan fingerprint density at radius 2 is 1.79 bits per heavy atom. The lowest BCUT2D eigenvalue weighted by atomic mass is 10.1. The first kappa shape index (κ1) is 25.8. The zero-order valence-electron chi connectivity index (χ0n) is 21.9. The highest BCUT2D eigenvalue weighted by Crippen LogP contribution is 2.52. The second kappa shape index (κ2) is 11.4. The molecule has 2 atom stereocenters. The van der Waals surface area contributed by atoms with E-state index >= 15 is 0 Å². The molecular formula is C29H34N4O3S2. The summed E-state index contributed by atoms with van der Waals surface area (Å²) in [5.74, 6) is 0. The van der Waals surface area contributed by atoms with Gasteiger partial charge < -0.3 is 24.7 Å². The van der Waals surface area contributed by atoms with E-state index in [1.807, 2.05) is 0 Å². The molecule has 0 saturated carbocycles. The van der Waals surface area contributed by atoms with E-state index in [0.29, 0.717) is 25.4 Å². The minimum Gasteiger partial charge on any atom is -0.384 e. The Kier molecular flexibility index (Phi) is 7.72. The van der Waals surface area contributed by atoms with Crippen LogP contribution in [-0.4, -0.2) is 74.6 Å². The maximum atomic E-state index is 12.6. The predicted molar refractivity (Wildman–Crippen MR) is 155 cm³/mol. The SMILES string of the molecule is C[C@@H]1CN(CCNc2ccc3c(c2)Sc2cccc(-c4cc(N5CCOCC5)cc(=O)[nH]4)c2S3)C[C@H](C)O1. The van der Waals surface area contributed by atoms with Crippen molar-refractivity contribution in [2.24, 2.45) is 0 Å². The number of fused-ring (bicyclic) bond motifs is 2. The minimum atomic E-state index is -0.0767. The van der Waals surface area contributed by atoms with Crippen LogP contribution in [-0.2, 0) is 9.47 Å². The van der Waals surface area contributed by atoms with Crippen LogP contribution in [0.5, 0.6) is 0 Å². The third kappa shape index (κ3) is 5.77. The molecule has 3 aliphatic heterocycles. The van der Waals surface area contributed by atoms with Crippen molar-refractivity contribution in [3.05, 3.63) is 58.9 Å². The molecule has 7 nitrogen and oxygen atoms in total. The van der Waals surface area contributed by atoms with Crippen LogP contribution in [0.1, 0.15) is 13.8 Å². The molecule has 0 spiro atoms. The van der Waals surface area contributed by atoms with Crippen LogP contribution in [0, 0.1) is 0 Å². The van der Waals surface area contributed by atoms with Gasteiger partial charge in [0.05, 0.1) is 31.1 Å². The average Bonchev–Trinajstić information content (AvgIpc) is 2.91. The number of pyridine rings is 1. The molecule has 0 radical (unpaired) electrons. The first-order chi connectivity index (χ1) is 18.5. The summed E-state index contributed by atoms with van der Waals surface area (Å²) in [6.45, 7) is 11.2. The number of rotatable bonds is 6. The van der Waals surface area contributed by atoms with E-state index in [1.54, 1.807) is 29.6 Å². The number of aromatic nitrogens is 1. The quantitative estimate of drug-likeness (QED) is 0.347. The minimum absolute atomic E-state index is 0.0767. The maximum absolute atomic E-state index is 12.6. The molecule has 6 rings (SSSR count). The van der Waals surface area contributed by atoms with Gasteiger partial charge in [-0.2, -0.15) is 0 Å². The number of hydrogen-bond acceptors (Lipinski definition) is 8. The van der Waals surface area contributed by atoms with E-state index in [2.05, 4.69) is 76.4 Å². The van der Waals surface area contributed by atoms with Crippen molar-refractivity contribution in [1.29, 1.82) is 0 Å². The standard InChI is InChI=1S/C29H34N4O3S2/c1-19-17-32(18-20(2)36-19)9-8-30-21-6-7-25-27(14-21)37-26-5-3-4-23(29(26)38-25)24-15-22(16-28(34)31-24)33-10-12-35-13-11-33/h3-7,14-16,19-20,30H,8-13,17-18H2,1-2H3,(H,31,34)/t19-,20+. The summed E-state index contributed by atoms with van der Waals surface area (Å²) >= 11 is 3.58. The Hall–Kier alpha value is -2.43. The molecule has 0 unspecified atom stereocenters. The summed E-state index contributed by atoms with van der Waals surface area (Å²) in [5.41, 5.74) is 3.95. The highest BCUT2D eigenvalue weighted by atomic mass is 32.2. The van der Waals surface area contributed by atoms with Gasteiger partial charge in [0.1, 0.15) is 0 Å². The van der Waals surface area contributed by atoms with Crippen molar-refractivity contribution in [1.82, 2.24) is 9.88 Å². The highest BCUT2D eigenvalue weighted by Gasteiger charge is 2.23. The topological polar surface area (TPSA) is 69.8 Å². The molecule has 0 amide bonds. The van der Waals surface area contributed by atoms with Gasteiger partial charge in [0.2, 0.25) is 5.56 Å². The largest absolute Gasteiger partial charge is 0.384 e. The Bertz CT molecular complexity index is 1350. The normalized spacial score (nSPS) is 21.6. The van der Waals surface area contributed by atoms with Crippen molar-refractivity contribution in [3.63, 3.8) is 0 Å². The number of H-pyrrole nitrogens is 1. The fourth-order valence-corrected chi connectivity index (χ4v) is 7.84. The Morgan fingerprint density at radius 1 is 0.974 bits per heavy atom. The van der Waals surface area contributed by atoms with Gasteiger partial charge in [0, 0.05) is 81.9 Å². The maximum Gasteiger partial charge on any atom is 0.250 e. The molecule has 2 aromatic carbocycles. The molecule has 9 heteroatoms. The molecule has 0 bridgehead atoms. The number of anilines is 2. The fourth-order valence-electron chi connectivity index (χ4n) is 5.43. The number of hydrogen-bond donors (Lipinski definition) is 2. The summed E-state index contributed by atoms with van der Waals surface area (Å²) in [4.78, 5) is 25.3. The van der Waals surface area contributed by atoms with Crippen LogP contribution < -0.4 is 15.8 Å². The summed E-state index contributed by atoms with van der Waals surface area (Å²) < 4.78 is 11.4. The molecular weight excluding hydrogens is 516 g/mol. The first-order valence-electron chi connectivity index (χ1n) is 13.3. The fraction of sp³-hybridized carbons (Fsp3) is 0.414. The molecule has 4 heterocycles. The Balaban J connectivity index is 1.18. The van der Waals surface area contributed by atoms with Crippen LogP contribution in [0.2, 0.25) is 0 Å². The molecule has 2 saturated heterocycles. The van der Waals surface area contributed by atoms with Crippen molar-refractivity contribution >= 4 is 34.9 Å². The molecule has 3 aromatic rings. The monoisotopic (exact) mass is 550 g/mol. The molecule has 2 fully saturated rings. The lowest BCUT2D eigenvalue weighted by molar-refractivity contribution is -0.0667. The number of benzene rings is 2. The number of morpholine rings is 2. The smallest absolute Gasteiger partial charge is 0.250 e. The van der Waals surface area contributed by atoms with Gasteiger partial charge in [-0.25, -0.2) is 0 Å². The number of ether oxygens (including phenoxy) is 2.